The first kappa shape index (κ1) is 18.7. The maximum atomic E-state index is 13.2. The summed E-state index contributed by atoms with van der Waals surface area (Å²) in [6.45, 7) is 4.34. The van der Waals surface area contributed by atoms with E-state index in [9.17, 15) is 14.0 Å². The Labute approximate surface area is 167 Å². The number of carbonyl (C=O) groups excluding carboxylic acids is 1. The van der Waals surface area contributed by atoms with Crippen molar-refractivity contribution in [3.63, 3.8) is 0 Å². The van der Waals surface area contributed by atoms with Gasteiger partial charge < -0.3 is 4.57 Å². The molecule has 144 valence electrons. The van der Waals surface area contributed by atoms with Crippen molar-refractivity contribution < 1.29 is 9.18 Å². The maximum absolute atomic E-state index is 13.2. The van der Waals surface area contributed by atoms with Crippen LogP contribution in [0.5, 0.6) is 0 Å². The molecule has 0 saturated heterocycles. The van der Waals surface area contributed by atoms with Crippen LogP contribution in [0.2, 0.25) is 0 Å². The van der Waals surface area contributed by atoms with E-state index >= 15 is 0 Å². The molecule has 0 unspecified atom stereocenters. The lowest BCUT2D eigenvalue weighted by Gasteiger charge is -2.13. The number of aryl methyl sites for hydroxylation is 2. The Hall–Kier alpha value is -3.60. The summed E-state index contributed by atoms with van der Waals surface area (Å²) in [6.07, 6.45) is 1.56. The quantitative estimate of drug-likeness (QED) is 0.488. The first-order chi connectivity index (χ1) is 13.9. The lowest BCUT2D eigenvalue weighted by atomic mass is 10.0. The SMILES string of the molecule is Cc1cccc(Cn2cc(C(=O)c3ccc(F)cc3)c(=O)c3ccc(C)nc32)c1. The van der Waals surface area contributed by atoms with Crippen LogP contribution in [-0.2, 0) is 6.54 Å². The molecule has 0 spiro atoms. The summed E-state index contributed by atoms with van der Waals surface area (Å²) in [5, 5.41) is 0.385. The number of pyridine rings is 2. The Kier molecular flexibility index (Phi) is 4.80. The fraction of sp³-hybridized carbons (Fsp3) is 0.125. The van der Waals surface area contributed by atoms with Gasteiger partial charge in [0.05, 0.1) is 10.9 Å². The largest absolute Gasteiger partial charge is 0.327 e. The second-order valence-corrected chi connectivity index (χ2v) is 7.15. The molecule has 29 heavy (non-hydrogen) atoms. The molecule has 0 amide bonds. The van der Waals surface area contributed by atoms with Gasteiger partial charge in [-0.25, -0.2) is 9.37 Å². The van der Waals surface area contributed by atoms with E-state index in [0.717, 1.165) is 16.8 Å². The molecule has 2 heterocycles. The topological polar surface area (TPSA) is 52.0 Å². The fourth-order valence-corrected chi connectivity index (χ4v) is 3.41. The van der Waals surface area contributed by atoms with Crippen LogP contribution < -0.4 is 5.43 Å². The van der Waals surface area contributed by atoms with Crippen molar-refractivity contribution in [2.45, 2.75) is 20.4 Å². The lowest BCUT2D eigenvalue weighted by Crippen LogP contribution is -2.21. The predicted octanol–water partition coefficient (Wildman–Crippen LogP) is 4.43. The third kappa shape index (κ3) is 3.72. The van der Waals surface area contributed by atoms with Gasteiger partial charge in [0.1, 0.15) is 11.5 Å². The highest BCUT2D eigenvalue weighted by Gasteiger charge is 2.18. The minimum Gasteiger partial charge on any atom is -0.327 e. The summed E-state index contributed by atoms with van der Waals surface area (Å²) < 4.78 is 15.1. The predicted molar refractivity (Wildman–Crippen MR) is 111 cm³/mol. The summed E-state index contributed by atoms with van der Waals surface area (Å²) in [6, 6.07) is 16.7. The molecule has 0 N–H and O–H groups in total. The number of hydrogen-bond donors (Lipinski definition) is 0. The van der Waals surface area contributed by atoms with E-state index in [1.807, 2.05) is 36.6 Å². The molecule has 0 aliphatic rings. The first-order valence-corrected chi connectivity index (χ1v) is 9.29. The molecule has 4 aromatic rings. The zero-order valence-corrected chi connectivity index (χ0v) is 16.1. The van der Waals surface area contributed by atoms with Crippen molar-refractivity contribution in [2.75, 3.05) is 0 Å². The third-order valence-electron chi connectivity index (χ3n) is 4.85. The van der Waals surface area contributed by atoms with Crippen LogP contribution in [-0.4, -0.2) is 15.3 Å². The van der Waals surface area contributed by atoms with E-state index in [1.54, 1.807) is 18.3 Å². The highest BCUT2D eigenvalue weighted by Crippen LogP contribution is 2.16. The van der Waals surface area contributed by atoms with Crippen LogP contribution in [0.1, 0.15) is 32.7 Å². The molecule has 4 rings (SSSR count). The Bertz CT molecular complexity index is 1290. The molecule has 0 saturated carbocycles. The van der Waals surface area contributed by atoms with Gasteiger partial charge in [-0.1, -0.05) is 29.8 Å². The number of rotatable bonds is 4. The summed E-state index contributed by atoms with van der Waals surface area (Å²) in [4.78, 5) is 30.6. The Balaban J connectivity index is 1.90. The van der Waals surface area contributed by atoms with Crippen LogP contribution in [0, 0.1) is 19.7 Å². The van der Waals surface area contributed by atoms with Gasteiger partial charge in [-0.15, -0.1) is 0 Å². The average molecular weight is 386 g/mol. The first-order valence-electron chi connectivity index (χ1n) is 9.29. The molecule has 0 radical (unpaired) electrons. The van der Waals surface area contributed by atoms with Crippen LogP contribution in [0.4, 0.5) is 4.39 Å². The van der Waals surface area contributed by atoms with Crippen molar-refractivity contribution in [3.05, 3.63) is 111 Å². The number of aromatic nitrogens is 2. The number of ketones is 1. The highest BCUT2D eigenvalue weighted by atomic mass is 19.1. The Morgan fingerprint density at radius 2 is 1.79 bits per heavy atom. The molecule has 4 nitrogen and oxygen atoms in total. The number of hydrogen-bond acceptors (Lipinski definition) is 3. The molecular formula is C24H19FN2O2. The number of nitrogens with zero attached hydrogens (tertiary/aromatic N) is 2. The number of carbonyl (C=O) groups is 1. The van der Waals surface area contributed by atoms with Crippen molar-refractivity contribution in [3.8, 4) is 0 Å². The third-order valence-corrected chi connectivity index (χ3v) is 4.85. The van der Waals surface area contributed by atoms with Gasteiger partial charge in [-0.3, -0.25) is 9.59 Å². The Morgan fingerprint density at radius 1 is 1.03 bits per heavy atom. The molecule has 0 bridgehead atoms. The maximum Gasteiger partial charge on any atom is 0.202 e. The van der Waals surface area contributed by atoms with Gasteiger partial charge in [-0.2, -0.15) is 0 Å². The van der Waals surface area contributed by atoms with E-state index in [-0.39, 0.29) is 16.6 Å². The lowest BCUT2D eigenvalue weighted by molar-refractivity contribution is 0.103. The summed E-state index contributed by atoms with van der Waals surface area (Å²) >= 11 is 0. The zero-order valence-electron chi connectivity index (χ0n) is 16.1. The average Bonchev–Trinajstić information content (AvgIpc) is 2.70. The van der Waals surface area contributed by atoms with Crippen molar-refractivity contribution in [2.24, 2.45) is 0 Å². The normalized spacial score (nSPS) is 11.0. The minimum absolute atomic E-state index is 0.0439. The van der Waals surface area contributed by atoms with Gasteiger partial charge in [0.2, 0.25) is 5.43 Å². The fourth-order valence-electron chi connectivity index (χ4n) is 3.41. The van der Waals surface area contributed by atoms with Crippen molar-refractivity contribution >= 4 is 16.8 Å². The summed E-state index contributed by atoms with van der Waals surface area (Å²) in [5.74, 6) is -0.868. The second-order valence-electron chi connectivity index (χ2n) is 7.15. The number of halogens is 1. The second kappa shape index (κ2) is 7.43. The molecule has 0 aliphatic heterocycles. The highest BCUT2D eigenvalue weighted by molar-refractivity contribution is 6.10. The molecular weight excluding hydrogens is 367 g/mol. The van der Waals surface area contributed by atoms with Gasteiger partial charge in [0.15, 0.2) is 5.78 Å². The van der Waals surface area contributed by atoms with Crippen LogP contribution >= 0.6 is 0 Å². The van der Waals surface area contributed by atoms with E-state index in [2.05, 4.69) is 11.1 Å². The molecule has 5 heteroatoms. The molecule has 2 aromatic carbocycles. The van der Waals surface area contributed by atoms with Gasteiger partial charge in [0.25, 0.3) is 0 Å². The number of benzene rings is 2. The zero-order chi connectivity index (χ0) is 20.5. The monoisotopic (exact) mass is 386 g/mol. The van der Waals surface area contributed by atoms with Gasteiger partial charge in [-0.05, 0) is 55.8 Å². The van der Waals surface area contributed by atoms with Crippen LogP contribution in [0.25, 0.3) is 11.0 Å². The van der Waals surface area contributed by atoms with Crippen molar-refractivity contribution in [1.29, 1.82) is 0 Å². The summed E-state index contributed by atoms with van der Waals surface area (Å²) in [5.41, 5.74) is 3.42. The van der Waals surface area contributed by atoms with E-state index in [1.165, 1.54) is 24.3 Å². The molecule has 0 aliphatic carbocycles. The molecule has 0 atom stereocenters. The van der Waals surface area contributed by atoms with Crippen LogP contribution in [0.3, 0.4) is 0 Å². The molecule has 0 fully saturated rings. The van der Waals surface area contributed by atoms with E-state index in [0.29, 0.717) is 17.6 Å². The van der Waals surface area contributed by atoms with Crippen molar-refractivity contribution in [1.82, 2.24) is 9.55 Å². The standard InChI is InChI=1S/C24H19FN2O2/c1-15-4-3-5-17(12-15)13-27-14-21(22(28)18-7-9-19(25)10-8-18)23(29)20-11-6-16(2)26-24(20)27/h3-12,14H,13H2,1-2H3. The molecule has 2 aromatic heterocycles. The minimum atomic E-state index is -0.435. The van der Waals surface area contributed by atoms with Gasteiger partial charge in [0, 0.05) is 24.0 Å². The van der Waals surface area contributed by atoms with Crippen LogP contribution in [0.15, 0.2) is 71.7 Å². The van der Waals surface area contributed by atoms with E-state index < -0.39 is 11.6 Å². The number of fused-ring (bicyclic) bond motifs is 1. The smallest absolute Gasteiger partial charge is 0.202 e. The van der Waals surface area contributed by atoms with E-state index in [4.69, 9.17) is 0 Å². The Morgan fingerprint density at radius 3 is 2.52 bits per heavy atom. The van der Waals surface area contributed by atoms with Gasteiger partial charge >= 0.3 is 0 Å². The summed E-state index contributed by atoms with van der Waals surface area (Å²) in [7, 11) is 0.